The van der Waals surface area contributed by atoms with Gasteiger partial charge in [-0.25, -0.2) is 8.42 Å². The summed E-state index contributed by atoms with van der Waals surface area (Å²) in [6.45, 7) is 3.58. The minimum atomic E-state index is -3.77. The van der Waals surface area contributed by atoms with Gasteiger partial charge >= 0.3 is 0 Å². The van der Waals surface area contributed by atoms with Crippen molar-refractivity contribution >= 4 is 61.4 Å². The highest BCUT2D eigenvalue weighted by Crippen LogP contribution is 2.33. The van der Waals surface area contributed by atoms with E-state index in [0.29, 0.717) is 15.4 Å². The SMILES string of the molecule is COc1ccc(Cl)cc1N(CC(=O)Nc1nnc(SC(C)C)s1)S(C)(=O)=O. The summed E-state index contributed by atoms with van der Waals surface area (Å²) in [7, 11) is -2.36. The van der Waals surface area contributed by atoms with Crippen molar-refractivity contribution in [3.63, 3.8) is 0 Å². The number of hydrogen-bond acceptors (Lipinski definition) is 8. The van der Waals surface area contributed by atoms with Crippen LogP contribution in [0.25, 0.3) is 0 Å². The molecule has 0 aliphatic rings. The third kappa shape index (κ3) is 6.23. The zero-order valence-electron chi connectivity index (χ0n) is 15.1. The number of nitrogens with zero attached hydrogens (tertiary/aromatic N) is 3. The van der Waals surface area contributed by atoms with Crippen molar-refractivity contribution in [1.29, 1.82) is 0 Å². The molecular weight excluding hydrogens is 432 g/mol. The Labute approximate surface area is 171 Å². The van der Waals surface area contributed by atoms with Crippen LogP contribution < -0.4 is 14.4 Å². The summed E-state index contributed by atoms with van der Waals surface area (Å²) in [6.07, 6.45) is 1.00. The van der Waals surface area contributed by atoms with Crippen molar-refractivity contribution in [2.45, 2.75) is 23.4 Å². The standard InChI is InChI=1S/C15H19ClN4O4S3/c1-9(2)25-15-19-18-14(26-15)17-13(21)8-20(27(4,22)23)11-7-10(16)5-6-12(11)24-3/h5-7,9H,8H2,1-4H3,(H,17,18,21). The maximum atomic E-state index is 12.4. The van der Waals surface area contributed by atoms with E-state index >= 15 is 0 Å². The van der Waals surface area contributed by atoms with Crippen molar-refractivity contribution in [1.82, 2.24) is 10.2 Å². The highest BCUT2D eigenvalue weighted by atomic mass is 35.5. The van der Waals surface area contributed by atoms with Crippen LogP contribution in [-0.4, -0.2) is 49.7 Å². The number of carbonyl (C=O) groups excluding carboxylic acids is 1. The fourth-order valence-corrected chi connectivity index (χ4v) is 5.05. The third-order valence-corrected chi connectivity index (χ3v) is 6.37. The first-order chi connectivity index (χ1) is 12.6. The van der Waals surface area contributed by atoms with Gasteiger partial charge in [0.25, 0.3) is 0 Å². The molecule has 27 heavy (non-hydrogen) atoms. The van der Waals surface area contributed by atoms with Gasteiger partial charge in [0.05, 0.1) is 19.1 Å². The number of benzene rings is 1. The average molecular weight is 451 g/mol. The normalized spacial score (nSPS) is 11.5. The molecular formula is C15H19ClN4O4S3. The molecule has 0 fully saturated rings. The van der Waals surface area contributed by atoms with Gasteiger partial charge in [-0.15, -0.1) is 10.2 Å². The lowest BCUT2D eigenvalue weighted by molar-refractivity contribution is -0.114. The van der Waals surface area contributed by atoms with Gasteiger partial charge in [0.1, 0.15) is 12.3 Å². The second kappa shape index (κ2) is 9.09. The summed E-state index contributed by atoms with van der Waals surface area (Å²) in [5.41, 5.74) is 0.177. The Bertz CT molecular complexity index is 918. The molecule has 0 aliphatic carbocycles. The number of halogens is 1. The van der Waals surface area contributed by atoms with Crippen molar-refractivity contribution in [2.75, 3.05) is 29.5 Å². The molecule has 148 valence electrons. The van der Waals surface area contributed by atoms with Crippen molar-refractivity contribution in [2.24, 2.45) is 0 Å². The predicted molar refractivity (Wildman–Crippen MR) is 110 cm³/mol. The first-order valence-corrected chi connectivity index (χ1v) is 11.6. The Kier molecular flexibility index (Phi) is 7.32. The van der Waals surface area contributed by atoms with Crippen LogP contribution in [0.4, 0.5) is 10.8 Å². The largest absolute Gasteiger partial charge is 0.495 e. The number of aromatic nitrogens is 2. The number of methoxy groups -OCH3 is 1. The van der Waals surface area contributed by atoms with Crippen LogP contribution in [-0.2, 0) is 14.8 Å². The summed E-state index contributed by atoms with van der Waals surface area (Å²) >= 11 is 8.73. The zero-order chi connectivity index (χ0) is 20.2. The smallest absolute Gasteiger partial charge is 0.246 e. The number of nitrogens with one attached hydrogen (secondary N) is 1. The van der Waals surface area contributed by atoms with Crippen molar-refractivity contribution < 1.29 is 17.9 Å². The van der Waals surface area contributed by atoms with Crippen molar-refractivity contribution in [3.8, 4) is 5.75 Å². The number of amides is 1. The van der Waals surface area contributed by atoms with E-state index in [4.69, 9.17) is 16.3 Å². The van der Waals surface area contributed by atoms with E-state index in [2.05, 4.69) is 15.5 Å². The highest BCUT2D eigenvalue weighted by Gasteiger charge is 2.25. The Morgan fingerprint density at radius 2 is 2.11 bits per heavy atom. The lowest BCUT2D eigenvalue weighted by atomic mass is 10.3. The summed E-state index contributed by atoms with van der Waals surface area (Å²) in [5, 5.41) is 11.4. The van der Waals surface area contributed by atoms with E-state index in [1.165, 1.54) is 42.3 Å². The molecule has 1 amide bonds. The molecule has 1 aromatic carbocycles. The average Bonchev–Trinajstić information content (AvgIpc) is 2.97. The number of hydrogen-bond donors (Lipinski definition) is 1. The van der Waals surface area contributed by atoms with Crippen LogP contribution in [0.3, 0.4) is 0 Å². The van der Waals surface area contributed by atoms with Crippen LogP contribution in [0.1, 0.15) is 13.8 Å². The first-order valence-electron chi connectivity index (χ1n) is 7.71. The second-order valence-electron chi connectivity index (χ2n) is 5.67. The molecule has 1 N–H and O–H groups in total. The molecule has 2 rings (SSSR count). The topological polar surface area (TPSA) is 101 Å². The molecule has 0 unspecified atom stereocenters. The minimum absolute atomic E-state index is 0.177. The lowest BCUT2D eigenvalue weighted by Gasteiger charge is -2.23. The molecule has 2 aromatic rings. The summed E-state index contributed by atoms with van der Waals surface area (Å²) in [5.74, 6) is -0.274. The monoisotopic (exact) mass is 450 g/mol. The van der Waals surface area contributed by atoms with Gasteiger partial charge in [0.15, 0.2) is 4.34 Å². The van der Waals surface area contributed by atoms with E-state index in [9.17, 15) is 13.2 Å². The third-order valence-electron chi connectivity index (χ3n) is 3.09. The van der Waals surface area contributed by atoms with Gasteiger partial charge in [-0.05, 0) is 18.2 Å². The van der Waals surface area contributed by atoms with Gasteiger partial charge < -0.3 is 4.74 Å². The van der Waals surface area contributed by atoms with Crippen LogP contribution in [0, 0.1) is 0 Å². The molecule has 0 bridgehead atoms. The molecule has 1 aromatic heterocycles. The fourth-order valence-electron chi connectivity index (χ4n) is 2.04. The highest BCUT2D eigenvalue weighted by molar-refractivity contribution is 8.01. The molecule has 0 radical (unpaired) electrons. The maximum Gasteiger partial charge on any atom is 0.246 e. The first kappa shape index (κ1) is 21.7. The maximum absolute atomic E-state index is 12.4. The summed E-state index contributed by atoms with van der Waals surface area (Å²) in [4.78, 5) is 12.4. The molecule has 0 aliphatic heterocycles. The number of carbonyl (C=O) groups is 1. The number of anilines is 2. The van der Waals surface area contributed by atoms with Gasteiger partial charge in [-0.3, -0.25) is 14.4 Å². The molecule has 8 nitrogen and oxygen atoms in total. The van der Waals surface area contributed by atoms with Crippen LogP contribution >= 0.6 is 34.7 Å². The van der Waals surface area contributed by atoms with E-state index in [0.717, 1.165) is 14.9 Å². The predicted octanol–water partition coefficient (Wildman–Crippen LogP) is 3.11. The van der Waals surface area contributed by atoms with Gasteiger partial charge in [-0.2, -0.15) is 0 Å². The molecule has 0 atom stereocenters. The molecule has 12 heteroatoms. The fraction of sp³-hybridized carbons (Fsp3) is 0.400. The number of sulfonamides is 1. The Balaban J connectivity index is 2.21. The van der Waals surface area contributed by atoms with E-state index in [-0.39, 0.29) is 11.4 Å². The van der Waals surface area contributed by atoms with E-state index in [1.54, 1.807) is 6.07 Å². The molecule has 0 saturated heterocycles. The van der Waals surface area contributed by atoms with Crippen LogP contribution in [0.2, 0.25) is 5.02 Å². The summed E-state index contributed by atoms with van der Waals surface area (Å²) < 4.78 is 31.3. The summed E-state index contributed by atoms with van der Waals surface area (Å²) in [6, 6.07) is 4.53. The lowest BCUT2D eigenvalue weighted by Crippen LogP contribution is -2.37. The van der Waals surface area contributed by atoms with E-state index < -0.39 is 22.5 Å². The Morgan fingerprint density at radius 3 is 2.70 bits per heavy atom. The Morgan fingerprint density at radius 1 is 1.41 bits per heavy atom. The zero-order valence-corrected chi connectivity index (χ0v) is 18.3. The molecule has 0 spiro atoms. The quantitative estimate of drug-likeness (QED) is 0.487. The van der Waals surface area contributed by atoms with Crippen LogP contribution in [0.5, 0.6) is 5.75 Å². The minimum Gasteiger partial charge on any atom is -0.495 e. The van der Waals surface area contributed by atoms with Crippen LogP contribution in [0.15, 0.2) is 22.5 Å². The van der Waals surface area contributed by atoms with Gasteiger partial charge in [0.2, 0.25) is 21.1 Å². The van der Waals surface area contributed by atoms with Gasteiger partial charge in [-0.1, -0.05) is 48.5 Å². The van der Waals surface area contributed by atoms with E-state index in [1.807, 2.05) is 13.8 Å². The second-order valence-corrected chi connectivity index (χ2v) is 10.8. The number of rotatable bonds is 8. The molecule has 1 heterocycles. The molecule has 0 saturated carbocycles. The number of thioether (sulfide) groups is 1. The number of ether oxygens (including phenoxy) is 1. The van der Waals surface area contributed by atoms with Gasteiger partial charge in [0, 0.05) is 10.3 Å². The Hall–Kier alpha value is -1.56. The van der Waals surface area contributed by atoms with Crippen molar-refractivity contribution in [3.05, 3.63) is 23.2 Å².